The first-order valence-corrected chi connectivity index (χ1v) is 4.86. The quantitative estimate of drug-likeness (QED) is 0.570. The third-order valence-corrected chi connectivity index (χ3v) is 2.71. The van der Waals surface area contributed by atoms with Gasteiger partial charge in [-0.3, -0.25) is 0 Å². The topological polar surface area (TPSA) is 20.2 Å². The van der Waals surface area contributed by atoms with Gasteiger partial charge in [0.1, 0.15) is 0 Å². The third-order valence-electron chi connectivity index (χ3n) is 2.71. The molecule has 2 rings (SSSR count). The van der Waals surface area contributed by atoms with Crippen molar-refractivity contribution in [1.82, 2.24) is 0 Å². The van der Waals surface area contributed by atoms with E-state index in [0.717, 1.165) is 5.56 Å². The average Bonchev–Trinajstić information content (AvgIpc) is 2.64. The molecule has 1 aliphatic carbocycles. The molecular formula is C13H14Cl2OTi. The van der Waals surface area contributed by atoms with E-state index in [9.17, 15) is 5.11 Å². The molecule has 90 valence electrons. The predicted molar refractivity (Wildman–Crippen MR) is 58.0 cm³/mol. The van der Waals surface area contributed by atoms with Gasteiger partial charge in [0.05, 0.1) is 6.61 Å². The number of benzene rings is 1. The number of halogens is 2. The van der Waals surface area contributed by atoms with E-state index in [4.69, 9.17) is 0 Å². The second-order valence-corrected chi connectivity index (χ2v) is 3.63. The molecule has 0 radical (unpaired) electrons. The summed E-state index contributed by atoms with van der Waals surface area (Å²) in [6.45, 7) is 2.24. The average molecular weight is 305 g/mol. The first kappa shape index (κ1) is 19.3. The van der Waals surface area contributed by atoms with E-state index in [2.05, 4.69) is 31.2 Å². The Bertz CT molecular complexity index is 402. The number of aliphatic hydroxyl groups is 1. The van der Waals surface area contributed by atoms with Crippen molar-refractivity contribution in [3.8, 4) is 0 Å². The first-order valence-electron chi connectivity index (χ1n) is 4.86. The minimum Gasteiger partial charge on any atom is -1.00 e. The van der Waals surface area contributed by atoms with Gasteiger partial charge in [-0.05, 0) is 18.1 Å². The maximum atomic E-state index is 9.22. The van der Waals surface area contributed by atoms with Crippen LogP contribution in [0.4, 0.5) is 0 Å². The van der Waals surface area contributed by atoms with Crippen molar-refractivity contribution in [2.75, 3.05) is 0 Å². The maximum Gasteiger partial charge on any atom is 2.00 e. The molecular weight excluding hydrogens is 291 g/mol. The summed E-state index contributed by atoms with van der Waals surface area (Å²) in [5, 5.41) is 9.22. The normalized spacial score (nSPS) is 16.4. The van der Waals surface area contributed by atoms with E-state index in [1.165, 1.54) is 11.1 Å². The number of hydrogen-bond acceptors (Lipinski definition) is 1. The molecule has 1 aromatic carbocycles. The molecule has 0 bridgehead atoms. The molecule has 0 aliphatic heterocycles. The number of allylic oxidation sites excluding steroid dienone is 4. The first-order chi connectivity index (χ1) is 6.83. The van der Waals surface area contributed by atoms with Gasteiger partial charge in [-0.1, -0.05) is 48.1 Å². The van der Waals surface area contributed by atoms with E-state index in [1.807, 2.05) is 18.2 Å². The van der Waals surface area contributed by atoms with E-state index < -0.39 is 0 Å². The predicted octanol–water partition coefficient (Wildman–Crippen LogP) is -3.22. The zero-order chi connectivity index (χ0) is 9.97. The summed E-state index contributed by atoms with van der Waals surface area (Å²) < 4.78 is 0. The van der Waals surface area contributed by atoms with Crippen molar-refractivity contribution in [2.45, 2.75) is 19.4 Å². The van der Waals surface area contributed by atoms with Crippen molar-refractivity contribution < 1.29 is 51.6 Å². The minimum atomic E-state index is 0. The monoisotopic (exact) mass is 304 g/mol. The smallest absolute Gasteiger partial charge is 1.00 e. The summed E-state index contributed by atoms with van der Waals surface area (Å²) in [5.74, 6) is 0.360. The Morgan fingerprint density at radius 3 is 2.35 bits per heavy atom. The molecule has 0 amide bonds. The fraction of sp³-hybridized carbons (Fsp3) is 0.231. The summed E-state index contributed by atoms with van der Waals surface area (Å²) in [7, 11) is 0. The molecule has 0 saturated carbocycles. The van der Waals surface area contributed by atoms with Crippen LogP contribution in [0.3, 0.4) is 0 Å². The molecule has 4 heteroatoms. The molecule has 1 aliphatic rings. The van der Waals surface area contributed by atoms with Crippen molar-refractivity contribution in [2.24, 2.45) is 0 Å². The fourth-order valence-electron chi connectivity index (χ4n) is 1.90. The standard InChI is InChI=1S/C13H14O.2ClH.Ti/c1-10-5-4-8-12(10)13-7-3-2-6-11(13)9-14;;;/h2-8,12,14H,9H2,1H3;2*1H;/q;;;+2/p-2. The molecule has 1 atom stereocenters. The number of hydrogen-bond donors (Lipinski definition) is 1. The van der Waals surface area contributed by atoms with Gasteiger partial charge in [-0.25, -0.2) is 0 Å². The van der Waals surface area contributed by atoms with Crippen molar-refractivity contribution in [1.29, 1.82) is 0 Å². The molecule has 0 fully saturated rings. The molecule has 0 heterocycles. The van der Waals surface area contributed by atoms with Gasteiger partial charge in [0.25, 0.3) is 0 Å². The van der Waals surface area contributed by atoms with Crippen LogP contribution in [0.5, 0.6) is 0 Å². The Labute approximate surface area is 130 Å². The second-order valence-electron chi connectivity index (χ2n) is 3.63. The fourth-order valence-corrected chi connectivity index (χ4v) is 1.90. The summed E-state index contributed by atoms with van der Waals surface area (Å²) in [4.78, 5) is 0. The van der Waals surface area contributed by atoms with Crippen LogP contribution in [0.1, 0.15) is 24.0 Å². The molecule has 17 heavy (non-hydrogen) atoms. The Balaban J connectivity index is 0. The van der Waals surface area contributed by atoms with Crippen LogP contribution in [0.2, 0.25) is 0 Å². The zero-order valence-corrected chi connectivity index (χ0v) is 12.6. The Hall–Kier alpha value is -0.0457. The Morgan fingerprint density at radius 1 is 1.18 bits per heavy atom. The van der Waals surface area contributed by atoms with Crippen LogP contribution < -0.4 is 24.8 Å². The van der Waals surface area contributed by atoms with Crippen molar-refractivity contribution >= 4 is 0 Å². The van der Waals surface area contributed by atoms with Gasteiger partial charge in [-0.2, -0.15) is 0 Å². The van der Waals surface area contributed by atoms with E-state index >= 15 is 0 Å². The van der Waals surface area contributed by atoms with Crippen LogP contribution in [0, 0.1) is 0 Å². The van der Waals surface area contributed by atoms with Gasteiger partial charge in [0.2, 0.25) is 0 Å². The van der Waals surface area contributed by atoms with Crippen LogP contribution in [0.15, 0.2) is 48.1 Å². The van der Waals surface area contributed by atoms with E-state index in [1.54, 1.807) is 0 Å². The van der Waals surface area contributed by atoms with Crippen LogP contribution in [-0.4, -0.2) is 5.11 Å². The largest absolute Gasteiger partial charge is 2.00 e. The molecule has 0 spiro atoms. The van der Waals surface area contributed by atoms with Gasteiger partial charge < -0.3 is 29.9 Å². The maximum absolute atomic E-state index is 9.22. The third kappa shape index (κ3) is 4.28. The second kappa shape index (κ2) is 8.96. The summed E-state index contributed by atoms with van der Waals surface area (Å²) in [5.41, 5.74) is 3.58. The van der Waals surface area contributed by atoms with E-state index in [0.29, 0.717) is 5.92 Å². The Morgan fingerprint density at radius 2 is 1.82 bits per heavy atom. The number of rotatable bonds is 2. The Kier molecular flexibility index (Phi) is 10.2. The van der Waals surface area contributed by atoms with Crippen LogP contribution in [-0.2, 0) is 28.3 Å². The van der Waals surface area contributed by atoms with Crippen molar-refractivity contribution in [3.63, 3.8) is 0 Å². The van der Waals surface area contributed by atoms with Gasteiger partial charge in [0, 0.05) is 5.92 Å². The SMILES string of the molecule is CC1=CC=CC1c1ccccc1CO.[Cl-].[Cl-].[Ti+2]. The van der Waals surface area contributed by atoms with Crippen LogP contribution in [0.25, 0.3) is 0 Å². The summed E-state index contributed by atoms with van der Waals surface area (Å²) >= 11 is 0. The van der Waals surface area contributed by atoms with Gasteiger partial charge >= 0.3 is 21.7 Å². The number of aliphatic hydroxyl groups excluding tert-OH is 1. The van der Waals surface area contributed by atoms with Crippen molar-refractivity contribution in [3.05, 3.63) is 59.2 Å². The molecule has 1 aromatic rings. The summed E-state index contributed by atoms with van der Waals surface area (Å²) in [6.07, 6.45) is 6.37. The molecule has 0 aromatic heterocycles. The van der Waals surface area contributed by atoms with Gasteiger partial charge in [-0.15, -0.1) is 0 Å². The zero-order valence-electron chi connectivity index (χ0n) is 9.53. The van der Waals surface area contributed by atoms with E-state index in [-0.39, 0.29) is 53.1 Å². The molecule has 1 unspecified atom stereocenters. The molecule has 1 nitrogen and oxygen atoms in total. The summed E-state index contributed by atoms with van der Waals surface area (Å²) in [6, 6.07) is 8.05. The molecule has 0 saturated heterocycles. The van der Waals surface area contributed by atoms with Gasteiger partial charge in [0.15, 0.2) is 0 Å². The molecule has 1 N–H and O–H groups in total. The van der Waals surface area contributed by atoms with Crippen LogP contribution >= 0.6 is 0 Å². The minimum absolute atomic E-state index is 0.